The molecule has 1 aliphatic rings. The van der Waals surface area contributed by atoms with Gasteiger partial charge < -0.3 is 10.8 Å². The van der Waals surface area contributed by atoms with Crippen molar-refractivity contribution in [2.45, 2.75) is 25.8 Å². The monoisotopic (exact) mass is 291 g/mol. The number of rotatable bonds is 4. The first-order valence-electron chi connectivity index (χ1n) is 6.40. The maximum absolute atomic E-state index is 11.7. The number of aromatic nitrogens is 4. The number of nitrogens with one attached hydrogen (secondary N) is 2. The van der Waals surface area contributed by atoms with Gasteiger partial charge in [0.15, 0.2) is 5.69 Å². The highest BCUT2D eigenvalue weighted by Crippen LogP contribution is 2.33. The van der Waals surface area contributed by atoms with Crippen molar-refractivity contribution in [2.75, 3.05) is 0 Å². The van der Waals surface area contributed by atoms with E-state index in [2.05, 4.69) is 15.3 Å². The van der Waals surface area contributed by atoms with Crippen LogP contribution in [0.1, 0.15) is 28.2 Å². The molecule has 2 aromatic rings. The van der Waals surface area contributed by atoms with Gasteiger partial charge in [-0.05, 0) is 12.8 Å². The van der Waals surface area contributed by atoms with Crippen molar-refractivity contribution < 1.29 is 14.7 Å². The minimum atomic E-state index is -1.18. The zero-order chi connectivity index (χ0) is 15.1. The zero-order valence-electron chi connectivity index (χ0n) is 11.0. The van der Waals surface area contributed by atoms with Crippen LogP contribution in [0, 0.1) is 0 Å². The van der Waals surface area contributed by atoms with Crippen LogP contribution in [0.3, 0.4) is 0 Å². The van der Waals surface area contributed by atoms with Crippen molar-refractivity contribution in [1.82, 2.24) is 20.0 Å². The average Bonchev–Trinajstić information content (AvgIpc) is 2.97. The fourth-order valence-corrected chi connectivity index (χ4v) is 2.64. The van der Waals surface area contributed by atoms with Crippen LogP contribution in [0.15, 0.2) is 4.79 Å². The van der Waals surface area contributed by atoms with Crippen molar-refractivity contribution in [3.05, 3.63) is 27.3 Å². The van der Waals surface area contributed by atoms with Crippen LogP contribution in [0.25, 0.3) is 11.3 Å². The molecule has 0 aromatic carbocycles. The van der Waals surface area contributed by atoms with Gasteiger partial charge in [-0.3, -0.25) is 24.5 Å². The summed E-state index contributed by atoms with van der Waals surface area (Å²) in [5.74, 6) is -1.67. The Hall–Kier alpha value is -2.84. The summed E-state index contributed by atoms with van der Waals surface area (Å²) in [6.07, 6.45) is 1.05. The number of nitrogens with zero attached hydrogens (tertiary/aromatic N) is 2. The molecule has 0 saturated carbocycles. The SMILES string of the molecule is NC(=O)CCn1nc(C(=O)O)c2c1CCc1c-2[nH][nH]c1=O. The Balaban J connectivity index is 2.15. The second-order valence-corrected chi connectivity index (χ2v) is 4.85. The predicted molar refractivity (Wildman–Crippen MR) is 70.8 cm³/mol. The first-order chi connectivity index (χ1) is 9.99. The van der Waals surface area contributed by atoms with E-state index in [-0.39, 0.29) is 24.2 Å². The summed E-state index contributed by atoms with van der Waals surface area (Å²) in [5.41, 5.74) is 6.82. The van der Waals surface area contributed by atoms with Crippen LogP contribution in [-0.4, -0.2) is 37.0 Å². The van der Waals surface area contributed by atoms with E-state index in [0.29, 0.717) is 35.4 Å². The van der Waals surface area contributed by atoms with Gasteiger partial charge in [-0.15, -0.1) is 0 Å². The summed E-state index contributed by atoms with van der Waals surface area (Å²) >= 11 is 0. The Labute approximate surface area is 117 Å². The molecule has 0 atom stereocenters. The Bertz CT molecular complexity index is 797. The number of aromatic carboxylic acids is 1. The van der Waals surface area contributed by atoms with E-state index >= 15 is 0 Å². The molecule has 21 heavy (non-hydrogen) atoms. The van der Waals surface area contributed by atoms with Crippen LogP contribution < -0.4 is 11.3 Å². The normalized spacial score (nSPS) is 12.8. The number of carboxylic acid groups (broad SMARTS) is 1. The number of H-pyrrole nitrogens is 2. The standard InChI is InChI=1S/C12H13N5O4/c13-7(18)3-4-17-6-2-1-5-9(14-15-11(5)19)8(6)10(16-17)12(20)21/h1-4H2,(H2,13,18)(H,20,21)(H2,14,15,19). The highest BCUT2D eigenvalue weighted by atomic mass is 16.4. The first-order valence-corrected chi connectivity index (χ1v) is 6.40. The molecule has 0 radical (unpaired) electrons. The summed E-state index contributed by atoms with van der Waals surface area (Å²) in [6.45, 7) is 0.217. The molecule has 5 N–H and O–H groups in total. The van der Waals surface area contributed by atoms with Crippen molar-refractivity contribution >= 4 is 11.9 Å². The molecule has 0 aliphatic heterocycles. The molecule has 9 heteroatoms. The Kier molecular flexibility index (Phi) is 2.89. The number of fused-ring (bicyclic) bond motifs is 3. The van der Waals surface area contributed by atoms with E-state index in [0.717, 1.165) is 0 Å². The molecule has 0 fully saturated rings. The van der Waals surface area contributed by atoms with Crippen molar-refractivity contribution in [3.8, 4) is 11.3 Å². The minimum Gasteiger partial charge on any atom is -0.476 e. The summed E-state index contributed by atoms with van der Waals surface area (Å²) in [6, 6.07) is 0. The molecule has 0 spiro atoms. The van der Waals surface area contributed by atoms with E-state index in [1.165, 1.54) is 4.68 Å². The van der Waals surface area contributed by atoms with Gasteiger partial charge >= 0.3 is 5.97 Å². The minimum absolute atomic E-state index is 0.0731. The first kappa shape index (κ1) is 13.2. The maximum atomic E-state index is 11.7. The maximum Gasteiger partial charge on any atom is 0.357 e. The number of amides is 1. The molecule has 1 amide bonds. The highest BCUT2D eigenvalue weighted by molar-refractivity contribution is 5.95. The van der Waals surface area contributed by atoms with Gasteiger partial charge in [-0.2, -0.15) is 5.10 Å². The van der Waals surface area contributed by atoms with Crippen LogP contribution >= 0.6 is 0 Å². The quantitative estimate of drug-likeness (QED) is 0.584. The molecule has 0 unspecified atom stereocenters. The molecule has 1 aliphatic carbocycles. The highest BCUT2D eigenvalue weighted by Gasteiger charge is 2.30. The zero-order valence-corrected chi connectivity index (χ0v) is 11.0. The van der Waals surface area contributed by atoms with Crippen LogP contribution in [-0.2, 0) is 24.2 Å². The Morgan fingerprint density at radius 2 is 2.10 bits per heavy atom. The number of carbonyl (C=O) groups excluding carboxylic acids is 1. The fraction of sp³-hybridized carbons (Fsp3) is 0.333. The molecule has 0 bridgehead atoms. The lowest BCUT2D eigenvalue weighted by Gasteiger charge is -2.13. The van der Waals surface area contributed by atoms with Crippen molar-refractivity contribution in [3.63, 3.8) is 0 Å². The molecule has 0 saturated heterocycles. The van der Waals surface area contributed by atoms with E-state index in [9.17, 15) is 19.5 Å². The molecule has 9 nitrogen and oxygen atoms in total. The van der Waals surface area contributed by atoms with Gasteiger partial charge in [0.25, 0.3) is 5.56 Å². The van der Waals surface area contributed by atoms with Gasteiger partial charge in [0.2, 0.25) is 5.91 Å². The van der Waals surface area contributed by atoms with Crippen LogP contribution in [0.4, 0.5) is 0 Å². The number of aryl methyl sites for hydroxylation is 1. The Morgan fingerprint density at radius 3 is 2.76 bits per heavy atom. The molecule has 3 rings (SSSR count). The van der Waals surface area contributed by atoms with E-state index in [4.69, 9.17) is 5.73 Å². The number of carboxylic acids is 1. The number of hydrogen-bond donors (Lipinski definition) is 4. The summed E-state index contributed by atoms with van der Waals surface area (Å²) in [4.78, 5) is 33.9. The fourth-order valence-electron chi connectivity index (χ4n) is 2.64. The molecule has 2 aromatic heterocycles. The number of aromatic amines is 2. The molecular formula is C12H13N5O4. The smallest absolute Gasteiger partial charge is 0.357 e. The van der Waals surface area contributed by atoms with Gasteiger partial charge in [-0.25, -0.2) is 4.79 Å². The molecule has 110 valence electrons. The lowest BCUT2D eigenvalue weighted by atomic mass is 9.94. The lowest BCUT2D eigenvalue weighted by molar-refractivity contribution is -0.118. The third-order valence-electron chi connectivity index (χ3n) is 3.57. The second-order valence-electron chi connectivity index (χ2n) is 4.85. The lowest BCUT2D eigenvalue weighted by Crippen LogP contribution is -2.18. The topological polar surface area (TPSA) is 147 Å². The third-order valence-corrected chi connectivity index (χ3v) is 3.57. The van der Waals surface area contributed by atoms with Gasteiger partial charge in [0.05, 0.1) is 17.8 Å². The largest absolute Gasteiger partial charge is 0.476 e. The van der Waals surface area contributed by atoms with Crippen LogP contribution in [0.5, 0.6) is 0 Å². The number of nitrogens with two attached hydrogens (primary N) is 1. The van der Waals surface area contributed by atoms with Crippen molar-refractivity contribution in [1.29, 1.82) is 0 Å². The summed E-state index contributed by atoms with van der Waals surface area (Å²) in [5, 5.41) is 18.5. The molecular weight excluding hydrogens is 278 g/mol. The second kappa shape index (κ2) is 4.62. The number of carbonyl (C=O) groups is 2. The Morgan fingerprint density at radius 1 is 1.33 bits per heavy atom. The summed E-state index contributed by atoms with van der Waals surface area (Å²) < 4.78 is 1.48. The van der Waals surface area contributed by atoms with Crippen LogP contribution in [0.2, 0.25) is 0 Å². The molecule has 2 heterocycles. The number of primary amides is 1. The summed E-state index contributed by atoms with van der Waals surface area (Å²) in [7, 11) is 0. The van der Waals surface area contributed by atoms with Crippen molar-refractivity contribution in [2.24, 2.45) is 5.73 Å². The van der Waals surface area contributed by atoms with Gasteiger partial charge in [-0.1, -0.05) is 0 Å². The van der Waals surface area contributed by atoms with E-state index < -0.39 is 11.9 Å². The number of hydrogen-bond acceptors (Lipinski definition) is 4. The van der Waals surface area contributed by atoms with E-state index in [1.54, 1.807) is 0 Å². The van der Waals surface area contributed by atoms with E-state index in [1.807, 2.05) is 0 Å². The van der Waals surface area contributed by atoms with Gasteiger partial charge in [0.1, 0.15) is 0 Å². The average molecular weight is 291 g/mol. The predicted octanol–water partition coefficient (Wildman–Crippen LogP) is -0.761. The third kappa shape index (κ3) is 2.02. The van der Waals surface area contributed by atoms with Gasteiger partial charge in [0, 0.05) is 17.7 Å².